The number of piperazine rings is 1. The van der Waals surface area contributed by atoms with Crippen LogP contribution in [0.15, 0.2) is 29.5 Å². The van der Waals surface area contributed by atoms with Crippen LogP contribution < -0.4 is 25.9 Å². The molecule has 0 unspecified atom stereocenters. The first kappa shape index (κ1) is 22.4. The summed E-state index contributed by atoms with van der Waals surface area (Å²) >= 11 is 5.83. The maximum Gasteiger partial charge on any atom is 0.275 e. The van der Waals surface area contributed by atoms with Gasteiger partial charge in [0.1, 0.15) is 35.2 Å². The van der Waals surface area contributed by atoms with Crippen molar-refractivity contribution in [2.45, 2.75) is 13.0 Å². The SMILES string of the molecule is C[C@H]1COc2c(N3CCN(C)CC3)c(F)cc3c(=O)c(C(=O)NNc4cc(Cl)ncn4)cn1c23. The van der Waals surface area contributed by atoms with E-state index in [1.807, 2.05) is 23.4 Å². The summed E-state index contributed by atoms with van der Waals surface area (Å²) in [5.41, 5.74) is 5.18. The molecule has 1 fully saturated rings. The lowest BCUT2D eigenvalue weighted by atomic mass is 10.0. The highest BCUT2D eigenvalue weighted by Gasteiger charge is 2.31. The monoisotopic (exact) mass is 487 g/mol. The smallest absolute Gasteiger partial charge is 0.275 e. The highest BCUT2D eigenvalue weighted by Crippen LogP contribution is 2.42. The number of aromatic nitrogens is 3. The third kappa shape index (κ3) is 3.90. The predicted octanol–water partition coefficient (Wildman–Crippen LogP) is 2.05. The Morgan fingerprint density at radius 1 is 1.24 bits per heavy atom. The van der Waals surface area contributed by atoms with Crippen LogP contribution in [0.2, 0.25) is 5.15 Å². The quantitative estimate of drug-likeness (QED) is 0.425. The van der Waals surface area contributed by atoms with Crippen LogP contribution >= 0.6 is 11.6 Å². The lowest BCUT2D eigenvalue weighted by Crippen LogP contribution is -2.45. The number of carbonyl (C=O) groups is 1. The van der Waals surface area contributed by atoms with Gasteiger partial charge in [0.05, 0.1) is 16.9 Å². The number of amides is 1. The van der Waals surface area contributed by atoms with E-state index in [0.29, 0.717) is 30.0 Å². The largest absolute Gasteiger partial charge is 0.487 e. The number of nitrogens with zero attached hydrogens (tertiary/aromatic N) is 5. The number of halogens is 2. The molecular formula is C22H23ClFN7O3. The summed E-state index contributed by atoms with van der Waals surface area (Å²) in [5, 5.41) is 0.282. The van der Waals surface area contributed by atoms with Gasteiger partial charge in [-0.3, -0.25) is 20.4 Å². The molecule has 0 bridgehead atoms. The van der Waals surface area contributed by atoms with E-state index < -0.39 is 17.2 Å². The van der Waals surface area contributed by atoms with Crippen LogP contribution in [0.3, 0.4) is 0 Å². The number of benzene rings is 1. The minimum Gasteiger partial charge on any atom is -0.487 e. The molecule has 1 atom stereocenters. The van der Waals surface area contributed by atoms with Gasteiger partial charge in [-0.1, -0.05) is 11.6 Å². The minimum absolute atomic E-state index is 0.0923. The fraction of sp³-hybridized carbons (Fsp3) is 0.364. The molecule has 0 saturated carbocycles. The Bertz CT molecular complexity index is 1340. The Balaban J connectivity index is 1.56. The Labute approximate surface area is 199 Å². The molecule has 178 valence electrons. The van der Waals surface area contributed by atoms with Crippen LogP contribution in [-0.2, 0) is 0 Å². The third-order valence-electron chi connectivity index (χ3n) is 6.14. The van der Waals surface area contributed by atoms with E-state index in [-0.39, 0.29) is 34.6 Å². The van der Waals surface area contributed by atoms with Crippen LogP contribution in [0, 0.1) is 5.82 Å². The summed E-state index contributed by atoms with van der Waals surface area (Å²) in [6.07, 6.45) is 2.73. The summed E-state index contributed by atoms with van der Waals surface area (Å²) < 4.78 is 23.2. The molecule has 3 aromatic rings. The summed E-state index contributed by atoms with van der Waals surface area (Å²) in [6, 6.07) is 2.46. The van der Waals surface area contributed by atoms with E-state index in [2.05, 4.69) is 25.7 Å². The summed E-state index contributed by atoms with van der Waals surface area (Å²) in [4.78, 5) is 38.0. The van der Waals surface area contributed by atoms with Crippen molar-refractivity contribution in [3.63, 3.8) is 0 Å². The molecule has 1 amide bonds. The molecule has 2 N–H and O–H groups in total. The molecule has 2 aliphatic rings. The number of hydrogen-bond acceptors (Lipinski definition) is 8. The van der Waals surface area contributed by atoms with E-state index >= 15 is 4.39 Å². The molecule has 0 radical (unpaired) electrons. The zero-order valence-corrected chi connectivity index (χ0v) is 19.4. The van der Waals surface area contributed by atoms with E-state index in [9.17, 15) is 9.59 Å². The second-order valence-electron chi connectivity index (χ2n) is 8.47. The van der Waals surface area contributed by atoms with Crippen molar-refractivity contribution in [2.75, 3.05) is 50.2 Å². The first-order valence-corrected chi connectivity index (χ1v) is 11.2. The van der Waals surface area contributed by atoms with Gasteiger partial charge in [-0.25, -0.2) is 14.4 Å². The number of rotatable bonds is 4. The molecule has 0 aliphatic carbocycles. The van der Waals surface area contributed by atoms with Crippen molar-refractivity contribution in [1.82, 2.24) is 24.9 Å². The Morgan fingerprint density at radius 2 is 2.00 bits per heavy atom. The van der Waals surface area contributed by atoms with E-state index in [1.165, 1.54) is 24.7 Å². The van der Waals surface area contributed by atoms with Crippen LogP contribution in [0.4, 0.5) is 15.9 Å². The highest BCUT2D eigenvalue weighted by atomic mass is 35.5. The summed E-state index contributed by atoms with van der Waals surface area (Å²) in [7, 11) is 2.02. The van der Waals surface area contributed by atoms with Gasteiger partial charge in [-0.2, -0.15) is 0 Å². The fourth-order valence-corrected chi connectivity index (χ4v) is 4.44. The van der Waals surface area contributed by atoms with Gasteiger partial charge < -0.3 is 19.1 Å². The van der Waals surface area contributed by atoms with Crippen molar-refractivity contribution in [1.29, 1.82) is 0 Å². The van der Waals surface area contributed by atoms with Gasteiger partial charge in [0.2, 0.25) is 5.43 Å². The molecule has 10 nitrogen and oxygen atoms in total. The normalized spacial score (nSPS) is 18.0. The lowest BCUT2D eigenvalue weighted by molar-refractivity contribution is 0.0960. The van der Waals surface area contributed by atoms with Gasteiger partial charge in [-0.05, 0) is 20.0 Å². The number of hydrazine groups is 1. The van der Waals surface area contributed by atoms with Gasteiger partial charge in [-0.15, -0.1) is 0 Å². The number of likely N-dealkylation sites (N-methyl/N-ethyl adjacent to an activating group) is 1. The maximum absolute atomic E-state index is 15.4. The Hall–Kier alpha value is -3.44. The second kappa shape index (κ2) is 8.73. The topological polar surface area (TPSA) is 105 Å². The van der Waals surface area contributed by atoms with Crippen LogP contribution in [0.1, 0.15) is 23.3 Å². The number of carbonyl (C=O) groups excluding carboxylic acids is 1. The predicted molar refractivity (Wildman–Crippen MR) is 126 cm³/mol. The molecule has 2 aliphatic heterocycles. The minimum atomic E-state index is -0.686. The molecule has 2 aromatic heterocycles. The third-order valence-corrected chi connectivity index (χ3v) is 6.35. The van der Waals surface area contributed by atoms with Crippen LogP contribution in [0.5, 0.6) is 5.75 Å². The van der Waals surface area contributed by atoms with Gasteiger partial charge in [0.25, 0.3) is 5.91 Å². The molecule has 4 heterocycles. The lowest BCUT2D eigenvalue weighted by Gasteiger charge is -2.37. The summed E-state index contributed by atoms with van der Waals surface area (Å²) in [5.74, 6) is -0.635. The summed E-state index contributed by atoms with van der Waals surface area (Å²) in [6.45, 7) is 5.08. The number of anilines is 2. The molecule has 0 spiro atoms. The van der Waals surface area contributed by atoms with Crippen molar-refractivity contribution >= 4 is 39.9 Å². The number of nitrogens with one attached hydrogen (secondary N) is 2. The molecule has 12 heteroatoms. The molecule has 1 saturated heterocycles. The average Bonchev–Trinajstić information content (AvgIpc) is 2.82. The van der Waals surface area contributed by atoms with Crippen LogP contribution in [-0.4, -0.2) is 65.2 Å². The van der Waals surface area contributed by atoms with E-state index in [0.717, 1.165) is 13.1 Å². The second-order valence-corrected chi connectivity index (χ2v) is 8.85. The zero-order valence-electron chi connectivity index (χ0n) is 18.6. The van der Waals surface area contributed by atoms with Crippen molar-refractivity contribution in [3.8, 4) is 5.75 Å². The fourth-order valence-electron chi connectivity index (χ4n) is 4.29. The zero-order chi connectivity index (χ0) is 24.0. The van der Waals surface area contributed by atoms with Gasteiger partial charge in [0, 0.05) is 38.4 Å². The van der Waals surface area contributed by atoms with Gasteiger partial charge in [0.15, 0.2) is 11.6 Å². The van der Waals surface area contributed by atoms with E-state index in [4.69, 9.17) is 16.3 Å². The molecule has 1 aromatic carbocycles. The maximum atomic E-state index is 15.4. The van der Waals surface area contributed by atoms with Crippen molar-refractivity contribution in [3.05, 3.63) is 51.4 Å². The first-order valence-electron chi connectivity index (χ1n) is 10.8. The van der Waals surface area contributed by atoms with E-state index in [1.54, 1.807) is 0 Å². The van der Waals surface area contributed by atoms with Crippen molar-refractivity contribution < 1.29 is 13.9 Å². The standard InChI is InChI=1S/C22H23ClFN7O3/c1-12-10-34-21-18-13(7-15(24)19(21)30-5-3-29(2)4-6-30)20(32)14(9-31(12)18)22(33)28-27-17-8-16(23)25-11-26-17/h7-9,11-12H,3-6,10H2,1-2H3,(H,28,33)(H,25,26,27)/t12-/m0/s1. The average molecular weight is 488 g/mol. The molecular weight excluding hydrogens is 465 g/mol. The van der Waals surface area contributed by atoms with Crippen LogP contribution in [0.25, 0.3) is 10.9 Å². The number of hydrogen-bond donors (Lipinski definition) is 2. The Kier molecular flexibility index (Phi) is 5.74. The molecule has 34 heavy (non-hydrogen) atoms. The number of ether oxygens (including phenoxy) is 1. The highest BCUT2D eigenvalue weighted by molar-refractivity contribution is 6.29. The molecule has 5 rings (SSSR count). The Morgan fingerprint density at radius 3 is 2.74 bits per heavy atom. The number of pyridine rings is 1. The van der Waals surface area contributed by atoms with Gasteiger partial charge >= 0.3 is 0 Å². The first-order chi connectivity index (χ1) is 16.3. The van der Waals surface area contributed by atoms with Crippen molar-refractivity contribution in [2.24, 2.45) is 0 Å².